The van der Waals surface area contributed by atoms with Gasteiger partial charge in [0, 0.05) is 17.8 Å². The Balaban J connectivity index is 0.00000156. The number of rotatable bonds is 3. The summed E-state index contributed by atoms with van der Waals surface area (Å²) in [6.07, 6.45) is 3.77. The average Bonchev–Trinajstić information content (AvgIpc) is 3.11. The SMILES string of the molecule is Cc1nc2ccccn2c1-c1csc(Nc2ccccn2)n1.Cl. The lowest BCUT2D eigenvalue weighted by Gasteiger charge is -2.00. The second-order valence-electron chi connectivity index (χ2n) is 4.85. The Kier molecular flexibility index (Phi) is 4.27. The van der Waals surface area contributed by atoms with Crippen LogP contribution in [0.25, 0.3) is 17.0 Å². The summed E-state index contributed by atoms with van der Waals surface area (Å²) >= 11 is 1.56. The molecule has 4 rings (SSSR count). The summed E-state index contributed by atoms with van der Waals surface area (Å²) in [7, 11) is 0. The minimum Gasteiger partial charge on any atom is -0.316 e. The van der Waals surface area contributed by atoms with E-state index in [-0.39, 0.29) is 12.4 Å². The summed E-state index contributed by atoms with van der Waals surface area (Å²) in [4.78, 5) is 13.5. The molecule has 0 aliphatic rings. The van der Waals surface area contributed by atoms with Crippen molar-refractivity contribution >= 4 is 40.3 Å². The van der Waals surface area contributed by atoms with E-state index in [1.807, 2.05) is 54.9 Å². The van der Waals surface area contributed by atoms with Gasteiger partial charge in [-0.3, -0.25) is 4.40 Å². The van der Waals surface area contributed by atoms with Gasteiger partial charge in [-0.05, 0) is 31.2 Å². The molecule has 0 atom stereocenters. The van der Waals surface area contributed by atoms with Crippen molar-refractivity contribution < 1.29 is 0 Å². The Morgan fingerprint density at radius 3 is 2.78 bits per heavy atom. The van der Waals surface area contributed by atoms with E-state index in [1.165, 1.54) is 0 Å². The van der Waals surface area contributed by atoms with Gasteiger partial charge in [-0.1, -0.05) is 12.1 Å². The first-order valence-electron chi connectivity index (χ1n) is 6.89. The molecule has 0 amide bonds. The molecular weight excluding hydrogens is 330 g/mol. The predicted octanol–water partition coefficient (Wildman–Crippen LogP) is 4.33. The zero-order valence-corrected chi connectivity index (χ0v) is 13.9. The highest BCUT2D eigenvalue weighted by Crippen LogP contribution is 2.29. The Morgan fingerprint density at radius 1 is 1.09 bits per heavy atom. The Morgan fingerprint density at radius 2 is 1.96 bits per heavy atom. The molecule has 5 nitrogen and oxygen atoms in total. The Hall–Kier alpha value is -2.44. The molecule has 4 aromatic heterocycles. The number of hydrogen-bond acceptors (Lipinski definition) is 5. The van der Waals surface area contributed by atoms with Crippen LogP contribution in [-0.2, 0) is 0 Å². The van der Waals surface area contributed by atoms with E-state index in [2.05, 4.69) is 24.7 Å². The molecule has 0 saturated carbocycles. The lowest BCUT2D eigenvalue weighted by molar-refractivity contribution is 1.17. The quantitative estimate of drug-likeness (QED) is 0.601. The van der Waals surface area contributed by atoms with Gasteiger partial charge in [-0.15, -0.1) is 23.7 Å². The minimum absolute atomic E-state index is 0. The summed E-state index contributed by atoms with van der Waals surface area (Å²) in [5.74, 6) is 0.790. The summed E-state index contributed by atoms with van der Waals surface area (Å²) in [5, 5.41) is 6.08. The van der Waals surface area contributed by atoms with Crippen molar-refractivity contribution in [3.8, 4) is 11.4 Å². The van der Waals surface area contributed by atoms with Crippen LogP contribution in [0.1, 0.15) is 5.69 Å². The summed E-state index contributed by atoms with van der Waals surface area (Å²) in [6.45, 7) is 2.01. The van der Waals surface area contributed by atoms with Crippen molar-refractivity contribution in [3.05, 3.63) is 59.9 Å². The fourth-order valence-electron chi connectivity index (χ4n) is 2.41. The topological polar surface area (TPSA) is 55.1 Å². The maximum Gasteiger partial charge on any atom is 0.188 e. The number of nitrogens with one attached hydrogen (secondary N) is 1. The van der Waals surface area contributed by atoms with Crippen LogP contribution in [0.15, 0.2) is 54.2 Å². The van der Waals surface area contributed by atoms with Crippen molar-refractivity contribution in [2.75, 3.05) is 5.32 Å². The summed E-state index contributed by atoms with van der Waals surface area (Å²) in [5.41, 5.74) is 3.85. The fraction of sp³-hybridized carbons (Fsp3) is 0.0625. The molecule has 0 fully saturated rings. The maximum absolute atomic E-state index is 4.67. The average molecular weight is 344 g/mol. The van der Waals surface area contributed by atoms with Crippen LogP contribution in [0.4, 0.5) is 10.9 Å². The maximum atomic E-state index is 4.67. The minimum atomic E-state index is 0. The lowest BCUT2D eigenvalue weighted by Crippen LogP contribution is -1.93. The van der Waals surface area contributed by atoms with E-state index >= 15 is 0 Å². The van der Waals surface area contributed by atoms with E-state index < -0.39 is 0 Å². The number of aryl methyl sites for hydroxylation is 1. The first kappa shape index (κ1) is 15.5. The number of imidazole rings is 1. The third kappa shape index (κ3) is 2.91. The molecule has 4 aromatic rings. The number of hydrogen-bond donors (Lipinski definition) is 1. The molecule has 0 unspecified atom stereocenters. The van der Waals surface area contributed by atoms with E-state index in [9.17, 15) is 0 Å². The van der Waals surface area contributed by atoms with Crippen LogP contribution in [0.5, 0.6) is 0 Å². The normalized spacial score (nSPS) is 10.5. The third-order valence-corrected chi connectivity index (χ3v) is 4.11. The summed E-state index contributed by atoms with van der Waals surface area (Å²) < 4.78 is 2.06. The predicted molar refractivity (Wildman–Crippen MR) is 95.8 cm³/mol. The zero-order valence-electron chi connectivity index (χ0n) is 12.3. The van der Waals surface area contributed by atoms with Gasteiger partial charge in [0.25, 0.3) is 0 Å². The molecule has 1 N–H and O–H groups in total. The van der Waals surface area contributed by atoms with E-state index in [4.69, 9.17) is 0 Å². The zero-order chi connectivity index (χ0) is 14.9. The number of anilines is 2. The van der Waals surface area contributed by atoms with Gasteiger partial charge in [-0.2, -0.15) is 0 Å². The van der Waals surface area contributed by atoms with Crippen molar-refractivity contribution in [3.63, 3.8) is 0 Å². The molecule has 23 heavy (non-hydrogen) atoms. The first-order valence-corrected chi connectivity index (χ1v) is 7.77. The van der Waals surface area contributed by atoms with Crippen molar-refractivity contribution in [1.82, 2.24) is 19.4 Å². The Labute approximate surface area is 143 Å². The van der Waals surface area contributed by atoms with E-state index in [1.54, 1.807) is 17.5 Å². The third-order valence-electron chi connectivity index (χ3n) is 3.35. The van der Waals surface area contributed by atoms with E-state index in [0.717, 1.165) is 33.7 Å². The molecule has 0 aromatic carbocycles. The first-order chi connectivity index (χ1) is 10.8. The van der Waals surface area contributed by atoms with Crippen LogP contribution >= 0.6 is 23.7 Å². The molecule has 4 heterocycles. The van der Waals surface area contributed by atoms with E-state index in [0.29, 0.717) is 0 Å². The van der Waals surface area contributed by atoms with Gasteiger partial charge < -0.3 is 5.32 Å². The van der Waals surface area contributed by atoms with Crippen molar-refractivity contribution in [2.45, 2.75) is 6.92 Å². The molecule has 0 bridgehead atoms. The number of fused-ring (bicyclic) bond motifs is 1. The van der Waals surface area contributed by atoms with Gasteiger partial charge >= 0.3 is 0 Å². The molecule has 116 valence electrons. The van der Waals surface area contributed by atoms with Crippen LogP contribution in [-0.4, -0.2) is 19.4 Å². The number of pyridine rings is 2. The van der Waals surface area contributed by atoms with Gasteiger partial charge in [0.05, 0.1) is 11.4 Å². The number of aromatic nitrogens is 4. The number of halogens is 1. The highest BCUT2D eigenvalue weighted by Gasteiger charge is 2.13. The molecule has 7 heteroatoms. The number of thiazole rings is 1. The van der Waals surface area contributed by atoms with Crippen LogP contribution < -0.4 is 5.32 Å². The highest BCUT2D eigenvalue weighted by atomic mass is 35.5. The second kappa shape index (κ2) is 6.36. The lowest BCUT2D eigenvalue weighted by atomic mass is 10.3. The molecule has 0 spiro atoms. The molecular formula is C16H14ClN5S. The molecule has 0 aliphatic carbocycles. The van der Waals surface area contributed by atoms with Crippen molar-refractivity contribution in [1.29, 1.82) is 0 Å². The van der Waals surface area contributed by atoms with Gasteiger partial charge in [0.1, 0.15) is 17.2 Å². The molecule has 0 saturated heterocycles. The standard InChI is InChI=1S/C16H13N5S.ClH/c1-11-15(21-9-5-3-7-14(21)18-11)12-10-22-16(19-12)20-13-6-2-4-8-17-13;/h2-10H,1H3,(H,17,19,20);1H. The van der Waals surface area contributed by atoms with Gasteiger partial charge in [-0.25, -0.2) is 15.0 Å². The largest absolute Gasteiger partial charge is 0.316 e. The van der Waals surface area contributed by atoms with Crippen molar-refractivity contribution in [2.24, 2.45) is 0 Å². The number of nitrogens with zero attached hydrogens (tertiary/aromatic N) is 4. The van der Waals surface area contributed by atoms with Gasteiger partial charge in [0.15, 0.2) is 5.13 Å². The van der Waals surface area contributed by atoms with Crippen LogP contribution in [0, 0.1) is 6.92 Å². The monoisotopic (exact) mass is 343 g/mol. The van der Waals surface area contributed by atoms with Crippen LogP contribution in [0.2, 0.25) is 0 Å². The highest BCUT2D eigenvalue weighted by molar-refractivity contribution is 7.14. The molecule has 0 aliphatic heterocycles. The van der Waals surface area contributed by atoms with Gasteiger partial charge in [0.2, 0.25) is 0 Å². The second-order valence-corrected chi connectivity index (χ2v) is 5.71. The van der Waals surface area contributed by atoms with Crippen LogP contribution in [0.3, 0.4) is 0 Å². The fourth-order valence-corrected chi connectivity index (χ4v) is 3.11. The molecule has 0 radical (unpaired) electrons. The summed E-state index contributed by atoms with van der Waals surface area (Å²) in [6, 6.07) is 11.7. The Bertz CT molecular complexity index is 932. The smallest absolute Gasteiger partial charge is 0.188 e.